The van der Waals surface area contributed by atoms with E-state index >= 15 is 0 Å². The molecule has 74 valence electrons. The summed E-state index contributed by atoms with van der Waals surface area (Å²) in [7, 11) is 0. The number of halogens is 2. The predicted molar refractivity (Wildman–Crippen MR) is 64.5 cm³/mol. The van der Waals surface area contributed by atoms with Gasteiger partial charge in [-0.25, -0.2) is 4.98 Å². The van der Waals surface area contributed by atoms with E-state index in [9.17, 15) is 5.11 Å². The van der Waals surface area contributed by atoms with Crippen LogP contribution in [0.1, 0.15) is 18.9 Å². The summed E-state index contributed by atoms with van der Waals surface area (Å²) in [4.78, 5) is 7.26. The SMILES string of the molecule is CC(O)c1nc2cc(I)c(Cl)cc2[nH]1. The van der Waals surface area contributed by atoms with Gasteiger partial charge in [0.05, 0.1) is 16.1 Å². The first kappa shape index (κ1) is 10.2. The van der Waals surface area contributed by atoms with Gasteiger partial charge in [0.25, 0.3) is 0 Å². The summed E-state index contributed by atoms with van der Waals surface area (Å²) in [5.41, 5.74) is 1.68. The van der Waals surface area contributed by atoms with Crippen LogP contribution in [-0.2, 0) is 0 Å². The monoisotopic (exact) mass is 322 g/mol. The van der Waals surface area contributed by atoms with Crippen molar-refractivity contribution in [2.75, 3.05) is 0 Å². The smallest absolute Gasteiger partial charge is 0.135 e. The normalized spacial score (nSPS) is 13.4. The van der Waals surface area contributed by atoms with E-state index in [1.54, 1.807) is 6.92 Å². The molecule has 2 N–H and O–H groups in total. The Bertz CT molecular complexity index is 442. The van der Waals surface area contributed by atoms with Gasteiger partial charge in [0.2, 0.25) is 0 Å². The molecule has 0 aliphatic heterocycles. The van der Waals surface area contributed by atoms with Crippen molar-refractivity contribution in [3.05, 3.63) is 26.5 Å². The number of aromatic nitrogens is 2. The van der Waals surface area contributed by atoms with E-state index in [-0.39, 0.29) is 0 Å². The van der Waals surface area contributed by atoms with E-state index in [2.05, 4.69) is 32.6 Å². The highest BCUT2D eigenvalue weighted by Crippen LogP contribution is 2.25. The Kier molecular flexibility index (Phi) is 2.68. The summed E-state index contributed by atoms with van der Waals surface area (Å²) in [5.74, 6) is 0.568. The predicted octanol–water partition coefficient (Wildman–Crippen LogP) is 2.87. The third-order valence-corrected chi connectivity index (χ3v) is 3.46. The van der Waals surface area contributed by atoms with Crippen LogP contribution in [0.4, 0.5) is 0 Å². The molecule has 0 radical (unpaired) electrons. The number of aliphatic hydroxyl groups is 1. The molecule has 2 aromatic rings. The molecule has 1 unspecified atom stereocenters. The minimum Gasteiger partial charge on any atom is -0.385 e. The second-order valence-corrected chi connectivity index (χ2v) is 4.65. The molecule has 1 aromatic carbocycles. The Balaban J connectivity index is 2.66. The number of benzene rings is 1. The van der Waals surface area contributed by atoms with Crippen molar-refractivity contribution in [1.29, 1.82) is 0 Å². The summed E-state index contributed by atoms with van der Waals surface area (Å²) in [6, 6.07) is 3.71. The van der Waals surface area contributed by atoms with Crippen LogP contribution in [0.2, 0.25) is 5.02 Å². The Morgan fingerprint density at radius 1 is 1.57 bits per heavy atom. The lowest BCUT2D eigenvalue weighted by molar-refractivity contribution is 0.190. The van der Waals surface area contributed by atoms with Gasteiger partial charge in [-0.15, -0.1) is 0 Å². The van der Waals surface area contributed by atoms with E-state index in [0.29, 0.717) is 10.8 Å². The highest BCUT2D eigenvalue weighted by Gasteiger charge is 2.09. The van der Waals surface area contributed by atoms with Crippen LogP contribution >= 0.6 is 34.2 Å². The standard InChI is InChI=1S/C9H8ClIN2O/c1-4(14)9-12-7-2-5(10)6(11)3-8(7)13-9/h2-4,14H,1H3,(H,12,13). The van der Waals surface area contributed by atoms with Gasteiger partial charge in [-0.2, -0.15) is 0 Å². The van der Waals surface area contributed by atoms with Gasteiger partial charge in [-0.3, -0.25) is 0 Å². The van der Waals surface area contributed by atoms with Gasteiger partial charge in [0.1, 0.15) is 11.9 Å². The molecular weight excluding hydrogens is 314 g/mol. The first-order chi connectivity index (χ1) is 6.58. The Hall–Kier alpha value is -0.330. The number of hydrogen-bond donors (Lipinski definition) is 2. The first-order valence-corrected chi connectivity index (χ1v) is 5.56. The fourth-order valence-corrected chi connectivity index (χ4v) is 1.84. The summed E-state index contributed by atoms with van der Waals surface area (Å²) in [6.07, 6.45) is -0.584. The molecule has 0 saturated heterocycles. The van der Waals surface area contributed by atoms with Gasteiger partial charge in [0.15, 0.2) is 0 Å². The van der Waals surface area contributed by atoms with Crippen LogP contribution < -0.4 is 0 Å². The number of aliphatic hydroxyl groups excluding tert-OH is 1. The number of fused-ring (bicyclic) bond motifs is 1. The summed E-state index contributed by atoms with van der Waals surface area (Å²) in [6.45, 7) is 1.67. The number of hydrogen-bond acceptors (Lipinski definition) is 2. The van der Waals surface area contributed by atoms with Gasteiger partial charge >= 0.3 is 0 Å². The summed E-state index contributed by atoms with van der Waals surface area (Å²) in [5, 5.41) is 10.0. The van der Waals surface area contributed by atoms with Crippen molar-refractivity contribution < 1.29 is 5.11 Å². The van der Waals surface area contributed by atoms with Crippen molar-refractivity contribution in [2.24, 2.45) is 0 Å². The average molecular weight is 323 g/mol. The van der Waals surface area contributed by atoms with Crippen LogP contribution in [0, 0.1) is 3.57 Å². The van der Waals surface area contributed by atoms with E-state index in [4.69, 9.17) is 11.6 Å². The fourth-order valence-electron chi connectivity index (χ4n) is 1.22. The zero-order chi connectivity index (χ0) is 10.3. The second kappa shape index (κ2) is 3.67. The molecular formula is C9H8ClIN2O. The van der Waals surface area contributed by atoms with Crippen LogP contribution in [-0.4, -0.2) is 15.1 Å². The Morgan fingerprint density at radius 3 is 2.93 bits per heavy atom. The highest BCUT2D eigenvalue weighted by molar-refractivity contribution is 14.1. The molecule has 0 amide bonds. The molecule has 1 aromatic heterocycles. The molecule has 3 nitrogen and oxygen atoms in total. The van der Waals surface area contributed by atoms with Crippen molar-refractivity contribution in [3.8, 4) is 0 Å². The van der Waals surface area contributed by atoms with Crippen molar-refractivity contribution in [1.82, 2.24) is 9.97 Å². The third kappa shape index (κ3) is 1.74. The van der Waals surface area contributed by atoms with Crippen molar-refractivity contribution in [3.63, 3.8) is 0 Å². The van der Waals surface area contributed by atoms with Gasteiger partial charge in [-0.05, 0) is 41.6 Å². The lowest BCUT2D eigenvalue weighted by atomic mass is 10.3. The highest BCUT2D eigenvalue weighted by atomic mass is 127. The summed E-state index contributed by atoms with van der Waals surface area (Å²) >= 11 is 8.11. The molecule has 1 heterocycles. The molecule has 2 rings (SSSR count). The van der Waals surface area contributed by atoms with Gasteiger partial charge in [0, 0.05) is 3.57 Å². The van der Waals surface area contributed by atoms with E-state index in [0.717, 1.165) is 14.6 Å². The van der Waals surface area contributed by atoms with E-state index in [1.165, 1.54) is 0 Å². The third-order valence-electron chi connectivity index (χ3n) is 1.94. The maximum Gasteiger partial charge on any atom is 0.135 e. The zero-order valence-corrected chi connectivity index (χ0v) is 10.3. The molecule has 5 heteroatoms. The van der Waals surface area contributed by atoms with Crippen molar-refractivity contribution in [2.45, 2.75) is 13.0 Å². The fraction of sp³-hybridized carbons (Fsp3) is 0.222. The first-order valence-electron chi connectivity index (χ1n) is 4.10. The number of H-pyrrole nitrogens is 1. The maximum atomic E-state index is 9.33. The van der Waals surface area contributed by atoms with Crippen LogP contribution in [0.5, 0.6) is 0 Å². The average Bonchev–Trinajstić information content (AvgIpc) is 2.48. The number of nitrogens with zero attached hydrogens (tertiary/aromatic N) is 1. The van der Waals surface area contributed by atoms with Crippen LogP contribution in [0.15, 0.2) is 12.1 Å². The molecule has 0 aliphatic carbocycles. The minimum atomic E-state index is -0.584. The van der Waals surface area contributed by atoms with Crippen LogP contribution in [0.3, 0.4) is 0 Å². The van der Waals surface area contributed by atoms with Crippen LogP contribution in [0.25, 0.3) is 11.0 Å². The second-order valence-electron chi connectivity index (χ2n) is 3.08. The molecule has 14 heavy (non-hydrogen) atoms. The zero-order valence-electron chi connectivity index (χ0n) is 7.38. The van der Waals surface area contributed by atoms with E-state index in [1.807, 2.05) is 12.1 Å². The van der Waals surface area contributed by atoms with Gasteiger partial charge in [-0.1, -0.05) is 11.6 Å². The maximum absolute atomic E-state index is 9.33. The molecule has 0 aliphatic rings. The van der Waals surface area contributed by atoms with Gasteiger partial charge < -0.3 is 10.1 Å². The molecule has 0 spiro atoms. The Labute approximate surface area is 99.6 Å². The molecule has 0 saturated carbocycles. The van der Waals surface area contributed by atoms with E-state index < -0.39 is 6.10 Å². The number of imidazole rings is 1. The molecule has 1 atom stereocenters. The lowest BCUT2D eigenvalue weighted by Gasteiger charge is -1.95. The number of nitrogens with one attached hydrogen (secondary N) is 1. The lowest BCUT2D eigenvalue weighted by Crippen LogP contribution is -1.92. The number of rotatable bonds is 1. The molecule has 0 fully saturated rings. The summed E-state index contributed by atoms with van der Waals surface area (Å²) < 4.78 is 0.959. The topological polar surface area (TPSA) is 48.9 Å². The Morgan fingerprint density at radius 2 is 2.29 bits per heavy atom. The molecule has 0 bridgehead atoms. The van der Waals surface area contributed by atoms with Crippen molar-refractivity contribution >= 4 is 45.2 Å². The largest absolute Gasteiger partial charge is 0.385 e. The number of aromatic amines is 1. The quantitative estimate of drug-likeness (QED) is 0.793. The minimum absolute atomic E-state index is 0.568.